The summed E-state index contributed by atoms with van der Waals surface area (Å²) in [6.45, 7) is 0.379. The number of ether oxygens (including phenoxy) is 1. The monoisotopic (exact) mass is 310 g/mol. The fourth-order valence-electron chi connectivity index (χ4n) is 3.07. The van der Waals surface area contributed by atoms with Crippen LogP contribution in [0.1, 0.15) is 30.7 Å². The summed E-state index contributed by atoms with van der Waals surface area (Å²) < 4.78 is 30.3. The van der Waals surface area contributed by atoms with E-state index in [0.717, 1.165) is 11.3 Å². The van der Waals surface area contributed by atoms with Gasteiger partial charge in [-0.15, -0.1) is 0 Å². The molecule has 1 N–H and O–H groups in total. The van der Waals surface area contributed by atoms with Crippen molar-refractivity contribution < 1.29 is 23.1 Å². The number of sulfone groups is 1. The number of para-hydroxylation sites is 1. The molecule has 0 radical (unpaired) electrons. The molecular weight excluding hydrogens is 292 g/mol. The Morgan fingerprint density at radius 2 is 2.05 bits per heavy atom. The van der Waals surface area contributed by atoms with Crippen molar-refractivity contribution >= 4 is 15.8 Å². The minimum Gasteiger partial charge on any atom is -0.493 e. The SMILES string of the molecule is O=C(O)CC1(CS(=O)(=O)CC2COc3ccccc32)CC1. The summed E-state index contributed by atoms with van der Waals surface area (Å²) in [5.41, 5.74) is 0.410. The van der Waals surface area contributed by atoms with Crippen molar-refractivity contribution in [2.45, 2.75) is 25.2 Å². The quantitative estimate of drug-likeness (QED) is 0.867. The first-order valence-electron chi connectivity index (χ1n) is 7.03. The van der Waals surface area contributed by atoms with E-state index in [4.69, 9.17) is 9.84 Å². The minimum atomic E-state index is -3.29. The Balaban J connectivity index is 1.69. The van der Waals surface area contributed by atoms with Crippen molar-refractivity contribution in [3.63, 3.8) is 0 Å². The van der Waals surface area contributed by atoms with E-state index >= 15 is 0 Å². The van der Waals surface area contributed by atoms with Crippen molar-refractivity contribution in [1.29, 1.82) is 0 Å². The Bertz CT molecular complexity index is 660. The Morgan fingerprint density at radius 1 is 1.33 bits per heavy atom. The van der Waals surface area contributed by atoms with Gasteiger partial charge in [-0.25, -0.2) is 8.42 Å². The summed E-state index contributed by atoms with van der Waals surface area (Å²) in [5, 5.41) is 8.89. The van der Waals surface area contributed by atoms with Gasteiger partial charge in [0.2, 0.25) is 0 Å². The van der Waals surface area contributed by atoms with Gasteiger partial charge in [0.25, 0.3) is 0 Å². The lowest BCUT2D eigenvalue weighted by molar-refractivity contribution is -0.138. The second-order valence-corrected chi connectivity index (χ2v) is 8.28. The van der Waals surface area contributed by atoms with Crippen LogP contribution in [0.25, 0.3) is 0 Å². The van der Waals surface area contributed by atoms with Crippen LogP contribution in [-0.2, 0) is 14.6 Å². The second kappa shape index (κ2) is 5.02. The van der Waals surface area contributed by atoms with Crippen LogP contribution in [0.5, 0.6) is 5.75 Å². The van der Waals surface area contributed by atoms with Crippen LogP contribution in [0.3, 0.4) is 0 Å². The fraction of sp³-hybridized carbons (Fsp3) is 0.533. The van der Waals surface area contributed by atoms with Crippen LogP contribution in [0.2, 0.25) is 0 Å². The molecule has 0 saturated heterocycles. The lowest BCUT2D eigenvalue weighted by Gasteiger charge is -2.15. The standard InChI is InChI=1S/C15H18O5S/c16-14(17)7-15(5-6-15)10-21(18,19)9-11-8-20-13-4-2-1-3-12(11)13/h1-4,11H,5-10H2,(H,16,17). The molecule has 1 heterocycles. The lowest BCUT2D eigenvalue weighted by atomic mass is 10.0. The van der Waals surface area contributed by atoms with Gasteiger partial charge in [-0.2, -0.15) is 0 Å². The van der Waals surface area contributed by atoms with Crippen molar-refractivity contribution in [3.8, 4) is 5.75 Å². The molecule has 114 valence electrons. The van der Waals surface area contributed by atoms with Gasteiger partial charge in [0.05, 0.1) is 24.5 Å². The van der Waals surface area contributed by atoms with Gasteiger partial charge in [0.1, 0.15) is 5.75 Å². The van der Waals surface area contributed by atoms with Crippen LogP contribution in [0.4, 0.5) is 0 Å². The van der Waals surface area contributed by atoms with E-state index < -0.39 is 21.2 Å². The summed E-state index contributed by atoms with van der Waals surface area (Å²) in [6.07, 6.45) is 1.33. The van der Waals surface area contributed by atoms with Crippen LogP contribution in [-0.4, -0.2) is 37.6 Å². The van der Waals surface area contributed by atoms with Crippen molar-refractivity contribution in [3.05, 3.63) is 29.8 Å². The van der Waals surface area contributed by atoms with Crippen molar-refractivity contribution in [2.75, 3.05) is 18.1 Å². The summed E-state index contributed by atoms with van der Waals surface area (Å²) in [4.78, 5) is 10.8. The van der Waals surface area contributed by atoms with Crippen molar-refractivity contribution in [1.82, 2.24) is 0 Å². The van der Waals surface area contributed by atoms with Gasteiger partial charge in [0.15, 0.2) is 9.84 Å². The van der Waals surface area contributed by atoms with E-state index in [1.807, 2.05) is 24.3 Å². The molecule has 1 aromatic carbocycles. The molecule has 0 amide bonds. The number of carbonyl (C=O) groups is 1. The molecule has 0 aromatic heterocycles. The molecule has 0 spiro atoms. The van der Waals surface area contributed by atoms with Crippen LogP contribution in [0.15, 0.2) is 24.3 Å². The maximum atomic E-state index is 12.4. The van der Waals surface area contributed by atoms with Crippen LogP contribution in [0, 0.1) is 5.41 Å². The fourth-order valence-corrected chi connectivity index (χ4v) is 5.40. The maximum absolute atomic E-state index is 12.4. The largest absolute Gasteiger partial charge is 0.493 e. The second-order valence-electron chi connectivity index (χ2n) is 6.17. The number of benzene rings is 1. The molecular formula is C15H18O5S. The number of aliphatic carboxylic acids is 1. The molecule has 1 unspecified atom stereocenters. The zero-order chi connectivity index (χ0) is 15.1. The molecule has 21 heavy (non-hydrogen) atoms. The zero-order valence-corrected chi connectivity index (χ0v) is 12.4. The molecule has 6 heteroatoms. The number of hydrogen-bond acceptors (Lipinski definition) is 4. The molecule has 1 atom stereocenters. The number of fused-ring (bicyclic) bond motifs is 1. The Hall–Kier alpha value is -1.56. The highest BCUT2D eigenvalue weighted by molar-refractivity contribution is 7.91. The minimum absolute atomic E-state index is 0.0229. The lowest BCUT2D eigenvalue weighted by Crippen LogP contribution is -2.25. The van der Waals surface area contributed by atoms with Gasteiger partial charge < -0.3 is 9.84 Å². The van der Waals surface area contributed by atoms with E-state index in [1.54, 1.807) is 0 Å². The zero-order valence-electron chi connectivity index (χ0n) is 11.6. The predicted octanol–water partition coefficient (Wildman–Crippen LogP) is 1.83. The Labute approximate surface area is 123 Å². The molecule has 0 bridgehead atoms. The topological polar surface area (TPSA) is 80.7 Å². The molecule has 3 rings (SSSR count). The summed E-state index contributed by atoms with van der Waals surface area (Å²) in [5.74, 6) is -0.301. The van der Waals surface area contributed by atoms with Crippen molar-refractivity contribution in [2.24, 2.45) is 5.41 Å². The highest BCUT2D eigenvalue weighted by atomic mass is 32.2. The molecule has 1 aliphatic carbocycles. The van der Waals surface area contributed by atoms with E-state index in [-0.39, 0.29) is 23.8 Å². The van der Waals surface area contributed by atoms with E-state index in [0.29, 0.717) is 19.4 Å². The third kappa shape index (κ3) is 3.20. The maximum Gasteiger partial charge on any atom is 0.303 e. The Kier molecular flexibility index (Phi) is 3.43. The van der Waals surface area contributed by atoms with Crippen LogP contribution >= 0.6 is 0 Å². The average Bonchev–Trinajstić information content (AvgIpc) is 2.99. The summed E-state index contributed by atoms with van der Waals surface area (Å²) >= 11 is 0. The third-order valence-electron chi connectivity index (χ3n) is 4.26. The van der Waals surface area contributed by atoms with Gasteiger partial charge in [0, 0.05) is 11.5 Å². The van der Waals surface area contributed by atoms with E-state index in [9.17, 15) is 13.2 Å². The highest BCUT2D eigenvalue weighted by Gasteiger charge is 2.48. The number of hydrogen-bond donors (Lipinski definition) is 1. The molecule has 1 aromatic rings. The van der Waals surface area contributed by atoms with Crippen LogP contribution < -0.4 is 4.74 Å². The first kappa shape index (κ1) is 14.4. The molecule has 2 aliphatic rings. The summed E-state index contributed by atoms with van der Waals surface area (Å²) in [6, 6.07) is 7.48. The average molecular weight is 310 g/mol. The molecule has 1 aliphatic heterocycles. The van der Waals surface area contributed by atoms with Gasteiger partial charge >= 0.3 is 5.97 Å². The molecule has 1 saturated carbocycles. The Morgan fingerprint density at radius 3 is 2.71 bits per heavy atom. The predicted molar refractivity (Wildman–Crippen MR) is 77.3 cm³/mol. The van der Waals surface area contributed by atoms with E-state index in [2.05, 4.69) is 0 Å². The first-order chi connectivity index (χ1) is 9.89. The van der Waals surface area contributed by atoms with Gasteiger partial charge in [-0.3, -0.25) is 4.79 Å². The first-order valence-corrected chi connectivity index (χ1v) is 8.85. The number of carboxylic acid groups (broad SMARTS) is 1. The number of carboxylic acids is 1. The smallest absolute Gasteiger partial charge is 0.303 e. The van der Waals surface area contributed by atoms with Gasteiger partial charge in [-0.1, -0.05) is 18.2 Å². The molecule has 1 fully saturated rings. The normalized spacial score (nSPS) is 22.4. The van der Waals surface area contributed by atoms with E-state index in [1.165, 1.54) is 0 Å². The number of rotatable bonds is 6. The summed E-state index contributed by atoms with van der Waals surface area (Å²) in [7, 11) is -3.29. The molecule has 5 nitrogen and oxygen atoms in total. The third-order valence-corrected chi connectivity index (χ3v) is 6.23. The highest BCUT2D eigenvalue weighted by Crippen LogP contribution is 2.50. The van der Waals surface area contributed by atoms with Gasteiger partial charge in [-0.05, 0) is 24.3 Å².